The predicted molar refractivity (Wildman–Crippen MR) is 416 cm³/mol. The largest absolute Gasteiger partial charge is 0.425 e. The Hall–Kier alpha value is -4.06. The van der Waals surface area contributed by atoms with E-state index >= 15 is 8.78 Å². The summed E-state index contributed by atoms with van der Waals surface area (Å²) in [5.74, 6) is 0.00555. The van der Waals surface area contributed by atoms with Gasteiger partial charge in [-0.05, 0) is 156 Å². The van der Waals surface area contributed by atoms with Crippen LogP contribution in [0.1, 0.15) is 241 Å². The smallest absolute Gasteiger partial charge is 0.206 e. The molecule has 11 rings (SSSR count). The second kappa shape index (κ2) is 34.2. The van der Waals surface area contributed by atoms with E-state index < -0.39 is 41.8 Å². The van der Waals surface area contributed by atoms with Gasteiger partial charge in [-0.3, -0.25) is 0 Å². The molecule has 2 unspecified atom stereocenters. The molecular weight excluding hydrogens is 1430 g/mol. The molecule has 0 saturated carbocycles. The molecule has 8 aromatic heterocycles. The van der Waals surface area contributed by atoms with Crippen LogP contribution >= 0.6 is 91.5 Å². The van der Waals surface area contributed by atoms with Gasteiger partial charge in [0.25, 0.3) is 0 Å². The number of aromatic nitrogens is 4. The van der Waals surface area contributed by atoms with Gasteiger partial charge in [0.15, 0.2) is 0 Å². The summed E-state index contributed by atoms with van der Waals surface area (Å²) in [5, 5.41) is 2.64. The first-order valence-corrected chi connectivity index (χ1v) is 45.5. The number of nitrogens with zero attached hydrogens (tertiary/aromatic N) is 4. The van der Waals surface area contributed by atoms with Crippen LogP contribution in [0.5, 0.6) is 0 Å². The Bertz CT molecular complexity index is 4030. The second-order valence-electron chi connectivity index (χ2n) is 27.6. The number of halogens is 8. The number of benzene rings is 2. The molecule has 21 heteroatoms. The molecule has 0 fully saturated rings. The summed E-state index contributed by atoms with van der Waals surface area (Å²) in [5.41, 5.74) is 6.68. The molecule has 534 valence electrons. The molecule has 2 atom stereocenters. The number of rotatable bonds is 38. The molecule has 0 spiro atoms. The molecule has 1 aliphatic rings. The average Bonchev–Trinajstić information content (AvgIpc) is 1.54. The highest BCUT2D eigenvalue weighted by molar-refractivity contribution is 7.32. The highest BCUT2D eigenvalue weighted by atomic mass is 32.1. The van der Waals surface area contributed by atoms with Gasteiger partial charge in [-0.15, -0.1) is 68.0 Å². The van der Waals surface area contributed by atoms with Crippen LogP contribution in [-0.4, -0.2) is 25.6 Å². The molecule has 9 heterocycles. The van der Waals surface area contributed by atoms with Gasteiger partial charge in [0.1, 0.15) is 51.5 Å². The molecule has 0 amide bonds. The summed E-state index contributed by atoms with van der Waals surface area (Å²) in [6.07, 6.45) is 16.9. The van der Waals surface area contributed by atoms with Crippen LogP contribution in [0.2, 0.25) is 12.1 Å². The quantitative estimate of drug-likeness (QED) is 0.0220. The van der Waals surface area contributed by atoms with E-state index in [0.29, 0.717) is 116 Å². The normalized spacial score (nSPS) is 13.9. The summed E-state index contributed by atoms with van der Waals surface area (Å²) < 4.78 is 145. The monoisotopic (exact) mass is 1520 g/mol. The van der Waals surface area contributed by atoms with Crippen LogP contribution in [0, 0.1) is 23.5 Å². The highest BCUT2D eigenvalue weighted by Gasteiger charge is 2.51. The lowest BCUT2D eigenvalue weighted by Gasteiger charge is -2.35. The van der Waals surface area contributed by atoms with Crippen molar-refractivity contribution in [2.45, 2.75) is 260 Å². The first kappa shape index (κ1) is 76.1. The number of alkyl halides is 6. The van der Waals surface area contributed by atoms with Gasteiger partial charge in [0, 0.05) is 59.9 Å². The number of hydrogen-bond acceptors (Lipinski definition) is 12. The van der Waals surface area contributed by atoms with Crippen LogP contribution in [0.3, 0.4) is 0 Å². The number of hydrogen-bond donors (Lipinski definition) is 0. The van der Waals surface area contributed by atoms with Crippen LogP contribution < -0.4 is 10.4 Å². The summed E-state index contributed by atoms with van der Waals surface area (Å²) in [6, 6.07) is 17.5. The Labute approximate surface area is 614 Å². The minimum Gasteiger partial charge on any atom is -0.206 e. The topological polar surface area (TPSA) is 51.6 Å². The third-order valence-electron chi connectivity index (χ3n) is 20.5. The molecule has 1 aliphatic heterocycles. The van der Waals surface area contributed by atoms with E-state index in [9.17, 15) is 26.3 Å². The molecule has 0 saturated heterocycles. The van der Waals surface area contributed by atoms with Crippen molar-refractivity contribution in [3.8, 4) is 71.0 Å². The molecule has 0 bridgehead atoms. The minimum atomic E-state index is -4.48. The fourth-order valence-electron chi connectivity index (χ4n) is 15.1. The van der Waals surface area contributed by atoms with Crippen molar-refractivity contribution in [2.75, 3.05) is 0 Å². The maximum absolute atomic E-state index is 18.1. The fourth-order valence-corrected chi connectivity index (χ4v) is 31.6. The number of aryl methyl sites for hydroxylation is 4. The van der Waals surface area contributed by atoms with E-state index in [4.69, 9.17) is 17.5 Å². The van der Waals surface area contributed by atoms with Crippen molar-refractivity contribution in [1.82, 2.24) is 17.5 Å². The highest BCUT2D eigenvalue weighted by Crippen LogP contribution is 2.55. The van der Waals surface area contributed by atoms with Crippen LogP contribution in [0.15, 0.2) is 48.5 Å². The molecular formula is C78H94F8N4S8Si. The Balaban J connectivity index is 1.03. The van der Waals surface area contributed by atoms with E-state index in [2.05, 4.69) is 79.7 Å². The molecule has 10 aromatic rings. The Morgan fingerprint density at radius 2 is 0.687 bits per heavy atom. The van der Waals surface area contributed by atoms with E-state index in [1.54, 1.807) is 46.9 Å². The van der Waals surface area contributed by atoms with Crippen LogP contribution in [0.4, 0.5) is 35.1 Å². The third-order valence-corrected chi connectivity index (χ3v) is 35.0. The first-order valence-electron chi connectivity index (χ1n) is 36.7. The number of thiophene rings is 6. The zero-order chi connectivity index (χ0) is 70.2. The third kappa shape index (κ3) is 16.7. The maximum Gasteiger partial charge on any atom is 0.425 e. The molecule has 4 nitrogen and oxygen atoms in total. The second-order valence-corrected chi connectivity index (χ2v) is 39.0. The van der Waals surface area contributed by atoms with Gasteiger partial charge in [-0.2, -0.15) is 43.8 Å². The van der Waals surface area contributed by atoms with Crippen molar-refractivity contribution < 1.29 is 35.1 Å². The van der Waals surface area contributed by atoms with E-state index in [0.717, 1.165) is 250 Å². The predicted octanol–water partition coefficient (Wildman–Crippen LogP) is 28.9. The SMILES string of the molecule is CCCCCCc1cc(-c2cc(F)c(-c3cc4c(s3)-c3sc(-c5c(F)cc(-c6cc(CCCCCC)c(-c7cc(CCCCCC)c(C(F)(F)F)s7)s6)c6nsnc56)cc3[Si]4(CC(CC)CCCC)CC(CC)CCCC)c3nsnc23)sc1-c1cc(CCCCCC)c(C(F)(F)F)s1. The lowest BCUT2D eigenvalue weighted by molar-refractivity contribution is -0.135. The van der Waals surface area contributed by atoms with Gasteiger partial charge in [-0.25, -0.2) is 8.78 Å². The fraction of sp³-hybridized carbons (Fsp3) is 0.538. The van der Waals surface area contributed by atoms with Gasteiger partial charge in [0.05, 0.1) is 34.6 Å². The molecule has 0 N–H and O–H groups in total. The van der Waals surface area contributed by atoms with E-state index in [1.165, 1.54) is 33.0 Å². The minimum absolute atomic E-state index is 0.349. The zero-order valence-corrected chi connectivity index (χ0v) is 66.1. The van der Waals surface area contributed by atoms with Crippen LogP contribution in [0.25, 0.3) is 93.1 Å². The Kier molecular flexibility index (Phi) is 26.3. The van der Waals surface area contributed by atoms with Gasteiger partial charge < -0.3 is 0 Å². The van der Waals surface area contributed by atoms with E-state index in [1.807, 2.05) is 0 Å². The summed E-state index contributed by atoms with van der Waals surface area (Å²) in [7, 11) is -2.81. The van der Waals surface area contributed by atoms with Gasteiger partial charge in [0.2, 0.25) is 0 Å². The average molecular weight is 1520 g/mol. The van der Waals surface area contributed by atoms with Gasteiger partial charge >= 0.3 is 12.4 Å². The zero-order valence-electron chi connectivity index (χ0n) is 58.6. The lowest BCUT2D eigenvalue weighted by Crippen LogP contribution is -2.56. The first-order chi connectivity index (χ1) is 47.8. The summed E-state index contributed by atoms with van der Waals surface area (Å²) in [4.78, 5) is 7.04. The molecule has 0 radical (unpaired) electrons. The van der Waals surface area contributed by atoms with Crippen LogP contribution in [-0.2, 0) is 38.0 Å². The van der Waals surface area contributed by atoms with Crippen molar-refractivity contribution in [2.24, 2.45) is 11.8 Å². The summed E-state index contributed by atoms with van der Waals surface area (Å²) in [6.45, 7) is 17.6. The standard InChI is InChI=1S/C78H94F8N4S8Si/c1-9-17-23-27-33-49-37-57(91-71(49)61-39-51(35-29-25-19-11-3)75(95-61)77(81,82)83)53-41-55(79)65(69-67(53)87-97-89-69)59-43-63-73(93-59)74-64(99(63,45-47(15-7)31-21-13-5)46-48(16-8)32-22-14-6)44-60(94-74)66-56(80)42-54(68-70(66)90-98-88-68)58-38-50(34-28-24-18-10-2)72(92-58)62-40-52(36-30-26-20-12-4)76(96-62)78(84,85)86/h37-44,47-48H,9-36,45-46H2,1-8H3. The number of unbranched alkanes of at least 4 members (excludes halogenated alkanes) is 14. The van der Waals surface area contributed by atoms with Gasteiger partial charge in [-0.1, -0.05) is 184 Å². The van der Waals surface area contributed by atoms with Crippen molar-refractivity contribution >= 4 is 132 Å². The Morgan fingerprint density at radius 3 is 1.03 bits per heavy atom. The Morgan fingerprint density at radius 1 is 0.354 bits per heavy atom. The van der Waals surface area contributed by atoms with Crippen molar-refractivity contribution in [3.63, 3.8) is 0 Å². The lowest BCUT2D eigenvalue weighted by atomic mass is 10.0. The van der Waals surface area contributed by atoms with E-state index in [-0.39, 0.29) is 0 Å². The molecule has 99 heavy (non-hydrogen) atoms. The summed E-state index contributed by atoms with van der Waals surface area (Å²) >= 11 is 9.81. The number of fused-ring (bicyclic) bond motifs is 5. The molecule has 0 aliphatic carbocycles. The molecule has 2 aromatic carbocycles. The van der Waals surface area contributed by atoms with Crippen molar-refractivity contribution in [3.05, 3.63) is 92.2 Å². The maximum atomic E-state index is 18.1. The van der Waals surface area contributed by atoms with Crippen molar-refractivity contribution in [1.29, 1.82) is 0 Å².